The molecule has 10 nitrogen and oxygen atoms in total. The number of anilines is 4. The average molecular weight is 439 g/mol. The molecule has 1 aromatic heterocycles. The van der Waals surface area contributed by atoms with Crippen LogP contribution in [-0.4, -0.2) is 19.8 Å². The van der Waals surface area contributed by atoms with Crippen molar-refractivity contribution in [3.8, 4) is 0 Å². The number of rotatable bonds is 6. The van der Waals surface area contributed by atoms with Gasteiger partial charge < -0.3 is 10.6 Å². The van der Waals surface area contributed by atoms with Crippen molar-refractivity contribution in [3.63, 3.8) is 0 Å². The first-order chi connectivity index (χ1) is 13.7. The van der Waals surface area contributed by atoms with Crippen LogP contribution >= 0.6 is 23.2 Å². The van der Waals surface area contributed by atoms with Crippen molar-refractivity contribution in [2.24, 2.45) is 0 Å². The molecule has 0 saturated carbocycles. The molecule has 0 atom stereocenters. The molecule has 1 heterocycles. The third-order valence-corrected chi connectivity index (χ3v) is 4.19. The van der Waals surface area contributed by atoms with Gasteiger partial charge in [0, 0.05) is 23.5 Å². The summed E-state index contributed by atoms with van der Waals surface area (Å²) in [5.74, 6) is -1.17. The van der Waals surface area contributed by atoms with Crippen molar-refractivity contribution in [2.75, 3.05) is 10.6 Å². The Morgan fingerprint density at radius 2 is 1.41 bits per heavy atom. The van der Waals surface area contributed by atoms with Gasteiger partial charge in [-0.05, 0) is 24.3 Å². The molecule has 13 heteroatoms. The predicted molar refractivity (Wildman–Crippen MR) is 105 cm³/mol. The van der Waals surface area contributed by atoms with Gasteiger partial charge in [-0.3, -0.25) is 20.2 Å². The van der Waals surface area contributed by atoms with Crippen molar-refractivity contribution < 1.29 is 14.2 Å². The zero-order valence-electron chi connectivity index (χ0n) is 14.1. The fraction of sp³-hybridized carbons (Fsp3) is 0. The van der Waals surface area contributed by atoms with Crippen molar-refractivity contribution in [3.05, 3.63) is 78.7 Å². The summed E-state index contributed by atoms with van der Waals surface area (Å²) >= 11 is 11.5. The Bertz CT molecular complexity index is 1130. The third kappa shape index (κ3) is 4.65. The van der Waals surface area contributed by atoms with Gasteiger partial charge in [-0.15, -0.1) is 0 Å². The molecule has 0 unspecified atom stereocenters. The number of nitro groups is 2. The van der Waals surface area contributed by atoms with Crippen LogP contribution in [0, 0.1) is 26.0 Å². The molecule has 0 radical (unpaired) electrons. The number of nitrogens with zero attached hydrogens (tertiary/aromatic N) is 4. The number of halogens is 3. The first-order valence-corrected chi connectivity index (χ1v) is 8.44. The standard InChI is InChI=1S/C16H9Cl2FN6O4/c17-10-3-1-8(5-13(10)24(26)27)21-15-12(19)7-20-16(23-15)22-9-2-4-11(18)14(6-9)25(28)29/h1-7H,(H2,20,21,22,23). The van der Waals surface area contributed by atoms with Crippen molar-refractivity contribution in [1.82, 2.24) is 9.97 Å². The number of nitrogens with one attached hydrogen (secondary N) is 2. The Balaban J connectivity index is 1.87. The molecule has 0 aliphatic heterocycles. The molecular formula is C16H9Cl2FN6O4. The smallest absolute Gasteiger partial charge is 0.289 e. The summed E-state index contributed by atoms with van der Waals surface area (Å²) in [5.41, 5.74) is -0.267. The topological polar surface area (TPSA) is 136 Å². The Morgan fingerprint density at radius 1 is 0.897 bits per heavy atom. The lowest BCUT2D eigenvalue weighted by Crippen LogP contribution is -2.04. The number of nitro benzene ring substituents is 2. The molecule has 0 spiro atoms. The summed E-state index contributed by atoms with van der Waals surface area (Å²) in [6.45, 7) is 0. The minimum atomic E-state index is -0.824. The maximum Gasteiger partial charge on any atom is 0.289 e. The minimum absolute atomic E-state index is 0.0488. The summed E-state index contributed by atoms with van der Waals surface area (Å²) in [6, 6.07) is 7.76. The van der Waals surface area contributed by atoms with E-state index in [0.717, 1.165) is 12.3 Å². The molecule has 3 aromatic rings. The van der Waals surface area contributed by atoms with Crippen molar-refractivity contribution in [2.45, 2.75) is 0 Å². The van der Waals surface area contributed by atoms with E-state index in [-0.39, 0.29) is 44.6 Å². The van der Waals surface area contributed by atoms with Crippen LogP contribution in [-0.2, 0) is 0 Å². The summed E-state index contributed by atoms with van der Waals surface area (Å²) in [7, 11) is 0. The van der Waals surface area contributed by atoms with Crippen LogP contribution < -0.4 is 10.6 Å². The van der Waals surface area contributed by atoms with Crippen LogP contribution in [0.15, 0.2) is 42.6 Å². The Hall–Kier alpha value is -3.57. The molecule has 0 amide bonds. The van der Waals surface area contributed by atoms with E-state index in [0.29, 0.717) is 0 Å². The number of aromatic nitrogens is 2. The number of benzene rings is 2. The summed E-state index contributed by atoms with van der Waals surface area (Å²) in [6.07, 6.45) is 0.867. The largest absolute Gasteiger partial charge is 0.337 e. The molecule has 0 saturated heterocycles. The van der Waals surface area contributed by atoms with Gasteiger partial charge in [-0.2, -0.15) is 4.98 Å². The SMILES string of the molecule is O=[N+]([O-])c1cc(Nc2ncc(F)c(Nc3ccc(Cl)c([N+](=O)[O-])c3)n2)ccc1Cl. The highest BCUT2D eigenvalue weighted by Gasteiger charge is 2.16. The van der Waals surface area contributed by atoms with Gasteiger partial charge in [0.2, 0.25) is 5.95 Å². The lowest BCUT2D eigenvalue weighted by Gasteiger charge is -2.10. The third-order valence-electron chi connectivity index (χ3n) is 3.55. The minimum Gasteiger partial charge on any atom is -0.337 e. The van der Waals surface area contributed by atoms with Crippen LogP contribution in [0.3, 0.4) is 0 Å². The van der Waals surface area contributed by atoms with Crippen LogP contribution in [0.2, 0.25) is 10.0 Å². The zero-order valence-corrected chi connectivity index (χ0v) is 15.6. The van der Waals surface area contributed by atoms with Crippen LogP contribution in [0.4, 0.5) is 38.9 Å². The maximum absolute atomic E-state index is 14.1. The lowest BCUT2D eigenvalue weighted by atomic mass is 10.2. The molecular weight excluding hydrogens is 430 g/mol. The molecule has 2 aromatic carbocycles. The van der Waals surface area contributed by atoms with Gasteiger partial charge in [-0.25, -0.2) is 9.37 Å². The molecule has 0 fully saturated rings. The van der Waals surface area contributed by atoms with Crippen molar-refractivity contribution in [1.29, 1.82) is 0 Å². The first kappa shape index (κ1) is 20.2. The lowest BCUT2D eigenvalue weighted by molar-refractivity contribution is -0.384. The van der Waals surface area contributed by atoms with Gasteiger partial charge in [0.25, 0.3) is 11.4 Å². The second kappa shape index (κ2) is 8.20. The molecule has 0 aliphatic carbocycles. The summed E-state index contributed by atoms with van der Waals surface area (Å²) in [5, 5.41) is 27.1. The maximum atomic E-state index is 14.1. The van der Waals surface area contributed by atoms with E-state index in [9.17, 15) is 24.6 Å². The monoisotopic (exact) mass is 438 g/mol. The molecule has 0 aliphatic rings. The van der Waals surface area contributed by atoms with Gasteiger partial charge in [0.15, 0.2) is 11.6 Å². The van der Waals surface area contributed by atoms with E-state index in [1.807, 2.05) is 0 Å². The van der Waals surface area contributed by atoms with Crippen LogP contribution in [0.1, 0.15) is 0 Å². The van der Waals surface area contributed by atoms with E-state index in [4.69, 9.17) is 23.2 Å². The van der Waals surface area contributed by atoms with Gasteiger partial charge in [0.05, 0.1) is 16.0 Å². The highest BCUT2D eigenvalue weighted by molar-refractivity contribution is 6.33. The second-order valence-corrected chi connectivity index (χ2v) is 6.30. The molecule has 0 bridgehead atoms. The zero-order chi connectivity index (χ0) is 21.1. The Morgan fingerprint density at radius 3 is 1.93 bits per heavy atom. The van der Waals surface area contributed by atoms with E-state index in [1.54, 1.807) is 0 Å². The molecule has 2 N–H and O–H groups in total. The normalized spacial score (nSPS) is 10.4. The van der Waals surface area contributed by atoms with E-state index in [2.05, 4.69) is 20.6 Å². The van der Waals surface area contributed by atoms with Crippen LogP contribution in [0.5, 0.6) is 0 Å². The van der Waals surface area contributed by atoms with Crippen molar-refractivity contribution >= 4 is 57.7 Å². The quantitative estimate of drug-likeness (QED) is 0.394. The van der Waals surface area contributed by atoms with Gasteiger partial charge in [-0.1, -0.05) is 23.2 Å². The summed E-state index contributed by atoms with van der Waals surface area (Å²) < 4.78 is 14.1. The average Bonchev–Trinajstić information content (AvgIpc) is 2.67. The van der Waals surface area contributed by atoms with E-state index in [1.165, 1.54) is 30.3 Å². The highest BCUT2D eigenvalue weighted by Crippen LogP contribution is 2.30. The first-order valence-electron chi connectivity index (χ1n) is 7.69. The second-order valence-electron chi connectivity index (χ2n) is 5.49. The Labute approximate surface area is 171 Å². The fourth-order valence-electron chi connectivity index (χ4n) is 2.24. The van der Waals surface area contributed by atoms with Gasteiger partial charge in [0.1, 0.15) is 10.0 Å². The van der Waals surface area contributed by atoms with Crippen LogP contribution in [0.25, 0.3) is 0 Å². The fourth-order valence-corrected chi connectivity index (χ4v) is 2.61. The van der Waals surface area contributed by atoms with E-state index < -0.39 is 15.7 Å². The summed E-state index contributed by atoms with van der Waals surface area (Å²) in [4.78, 5) is 28.3. The highest BCUT2D eigenvalue weighted by atomic mass is 35.5. The van der Waals surface area contributed by atoms with Gasteiger partial charge >= 0.3 is 0 Å². The molecule has 29 heavy (non-hydrogen) atoms. The Kier molecular flexibility index (Phi) is 5.71. The predicted octanol–water partition coefficient (Wildman–Crippen LogP) is 5.23. The molecule has 3 rings (SSSR count). The van der Waals surface area contributed by atoms with E-state index >= 15 is 0 Å². The number of hydrogen-bond acceptors (Lipinski definition) is 8. The number of hydrogen-bond donors (Lipinski definition) is 2. The molecule has 148 valence electrons.